The molecule has 0 aromatic heterocycles. The largest absolute Gasteiger partial charge is 0.393 e. The Kier molecular flexibility index (Phi) is 4.84. The zero-order chi connectivity index (χ0) is 12.8. The molecule has 0 aliphatic carbocycles. The van der Waals surface area contributed by atoms with E-state index in [1.54, 1.807) is 13.0 Å². The first-order valence-electron chi connectivity index (χ1n) is 5.59. The van der Waals surface area contributed by atoms with Crippen LogP contribution in [0.25, 0.3) is 6.08 Å². The Hall–Kier alpha value is -1.68. The summed E-state index contributed by atoms with van der Waals surface area (Å²) < 4.78 is 0. The van der Waals surface area contributed by atoms with Crippen LogP contribution >= 0.6 is 0 Å². The number of benzene rings is 1. The Morgan fingerprint density at radius 3 is 2.76 bits per heavy atom. The van der Waals surface area contributed by atoms with Gasteiger partial charge in [0.25, 0.3) is 5.69 Å². The van der Waals surface area contributed by atoms with E-state index in [2.05, 4.69) is 0 Å². The molecule has 0 spiro atoms. The van der Waals surface area contributed by atoms with Gasteiger partial charge in [0.2, 0.25) is 0 Å². The molecule has 0 aliphatic rings. The lowest BCUT2D eigenvalue weighted by molar-refractivity contribution is -0.384. The molecule has 1 N–H and O–H groups in total. The Balaban J connectivity index is 2.65. The Bertz CT molecular complexity index is 413. The maximum absolute atomic E-state index is 10.6. The van der Waals surface area contributed by atoms with Crippen molar-refractivity contribution in [2.45, 2.75) is 26.4 Å². The number of rotatable bonds is 5. The van der Waals surface area contributed by atoms with Crippen LogP contribution in [0, 0.1) is 16.0 Å². The van der Waals surface area contributed by atoms with Crippen molar-refractivity contribution in [3.63, 3.8) is 0 Å². The summed E-state index contributed by atoms with van der Waals surface area (Å²) in [5.41, 5.74) is 0.896. The van der Waals surface area contributed by atoms with Crippen molar-refractivity contribution < 1.29 is 10.0 Å². The van der Waals surface area contributed by atoms with Gasteiger partial charge in [-0.1, -0.05) is 31.2 Å². The molecule has 1 rings (SSSR count). The predicted octanol–water partition coefficient (Wildman–Crippen LogP) is 3.02. The molecular formula is C13H17NO3. The van der Waals surface area contributed by atoms with Gasteiger partial charge in [0.1, 0.15) is 0 Å². The van der Waals surface area contributed by atoms with Crippen LogP contribution in [-0.4, -0.2) is 16.1 Å². The van der Waals surface area contributed by atoms with E-state index >= 15 is 0 Å². The summed E-state index contributed by atoms with van der Waals surface area (Å²) in [5, 5.41) is 19.9. The van der Waals surface area contributed by atoms with E-state index in [0.717, 1.165) is 12.0 Å². The van der Waals surface area contributed by atoms with Gasteiger partial charge >= 0.3 is 0 Å². The zero-order valence-corrected chi connectivity index (χ0v) is 10.0. The molecule has 0 radical (unpaired) electrons. The topological polar surface area (TPSA) is 63.4 Å². The van der Waals surface area contributed by atoms with E-state index in [0.29, 0.717) is 0 Å². The first kappa shape index (κ1) is 13.4. The van der Waals surface area contributed by atoms with Crippen LogP contribution < -0.4 is 0 Å². The molecule has 4 heteroatoms. The molecule has 1 aromatic rings. The average molecular weight is 235 g/mol. The third kappa shape index (κ3) is 4.36. The lowest BCUT2D eigenvalue weighted by Gasteiger charge is -2.10. The van der Waals surface area contributed by atoms with Crippen molar-refractivity contribution in [1.29, 1.82) is 0 Å². The molecule has 2 unspecified atom stereocenters. The van der Waals surface area contributed by atoms with Crippen LogP contribution in [-0.2, 0) is 0 Å². The summed E-state index contributed by atoms with van der Waals surface area (Å²) in [4.78, 5) is 10.2. The summed E-state index contributed by atoms with van der Waals surface area (Å²) >= 11 is 0. The third-order valence-electron chi connectivity index (χ3n) is 2.72. The number of aliphatic hydroxyl groups excluding tert-OH is 1. The smallest absolute Gasteiger partial charge is 0.270 e. The molecule has 2 atom stereocenters. The Labute approximate surface area is 101 Å². The highest BCUT2D eigenvalue weighted by Crippen LogP contribution is 2.15. The number of nitrogens with zero attached hydrogens (tertiary/aromatic N) is 1. The van der Waals surface area contributed by atoms with Gasteiger partial charge in [-0.3, -0.25) is 10.1 Å². The van der Waals surface area contributed by atoms with Crippen LogP contribution in [0.2, 0.25) is 0 Å². The summed E-state index contributed by atoms with van der Waals surface area (Å²) in [6.07, 6.45) is 4.17. The molecule has 0 amide bonds. The van der Waals surface area contributed by atoms with Gasteiger partial charge in [0.05, 0.1) is 11.0 Å². The van der Waals surface area contributed by atoms with E-state index in [-0.39, 0.29) is 17.7 Å². The van der Waals surface area contributed by atoms with Gasteiger partial charge in [-0.2, -0.15) is 0 Å². The molecule has 0 heterocycles. The van der Waals surface area contributed by atoms with Gasteiger partial charge in [-0.25, -0.2) is 0 Å². The number of allylic oxidation sites excluding steroid dienone is 1. The normalized spacial score (nSPS) is 14.8. The maximum atomic E-state index is 10.6. The van der Waals surface area contributed by atoms with Crippen LogP contribution in [0.4, 0.5) is 5.69 Å². The van der Waals surface area contributed by atoms with Crippen molar-refractivity contribution in [2.24, 2.45) is 5.92 Å². The highest BCUT2D eigenvalue weighted by Gasteiger charge is 2.06. The lowest BCUT2D eigenvalue weighted by Crippen LogP contribution is -2.11. The quantitative estimate of drug-likeness (QED) is 0.630. The molecule has 0 aliphatic heterocycles. The monoisotopic (exact) mass is 235 g/mol. The fourth-order valence-corrected chi connectivity index (χ4v) is 1.36. The second-order valence-corrected chi connectivity index (χ2v) is 4.21. The minimum atomic E-state index is -0.407. The van der Waals surface area contributed by atoms with Crippen LogP contribution in [0.3, 0.4) is 0 Å². The van der Waals surface area contributed by atoms with Gasteiger partial charge in [-0.15, -0.1) is 0 Å². The molecule has 4 nitrogen and oxygen atoms in total. The molecule has 0 bridgehead atoms. The zero-order valence-electron chi connectivity index (χ0n) is 10.0. The summed E-state index contributed by atoms with van der Waals surface area (Å²) in [6, 6.07) is 6.48. The van der Waals surface area contributed by atoms with Crippen molar-refractivity contribution in [3.05, 3.63) is 46.0 Å². The summed E-state index contributed by atoms with van der Waals surface area (Å²) in [6.45, 7) is 3.72. The second kappa shape index (κ2) is 6.15. The van der Waals surface area contributed by atoms with E-state index in [1.807, 2.05) is 25.1 Å². The average Bonchev–Trinajstić information content (AvgIpc) is 2.29. The van der Waals surface area contributed by atoms with Crippen molar-refractivity contribution in [2.75, 3.05) is 0 Å². The summed E-state index contributed by atoms with van der Waals surface area (Å²) in [7, 11) is 0. The van der Waals surface area contributed by atoms with E-state index in [1.165, 1.54) is 12.1 Å². The van der Waals surface area contributed by atoms with Crippen LogP contribution in [0.1, 0.15) is 25.8 Å². The lowest BCUT2D eigenvalue weighted by atomic mass is 10.0. The fourth-order valence-electron chi connectivity index (χ4n) is 1.36. The fraction of sp³-hybridized carbons (Fsp3) is 0.385. The number of nitro groups is 1. The molecule has 0 saturated carbocycles. The number of hydrogen-bond acceptors (Lipinski definition) is 3. The van der Waals surface area contributed by atoms with Gasteiger partial charge < -0.3 is 5.11 Å². The van der Waals surface area contributed by atoms with Gasteiger partial charge in [0, 0.05) is 12.1 Å². The first-order valence-corrected chi connectivity index (χ1v) is 5.59. The van der Waals surface area contributed by atoms with E-state index in [9.17, 15) is 15.2 Å². The van der Waals surface area contributed by atoms with Gasteiger partial charge in [0.15, 0.2) is 0 Å². The van der Waals surface area contributed by atoms with Crippen LogP contribution in [0.5, 0.6) is 0 Å². The number of nitro benzene ring substituents is 1. The molecular weight excluding hydrogens is 218 g/mol. The molecule has 92 valence electrons. The molecule has 0 fully saturated rings. The first-order chi connectivity index (χ1) is 8.00. The number of non-ortho nitro benzene ring substituents is 1. The Morgan fingerprint density at radius 1 is 1.47 bits per heavy atom. The third-order valence-corrected chi connectivity index (χ3v) is 2.72. The highest BCUT2D eigenvalue weighted by molar-refractivity contribution is 5.53. The molecule has 0 saturated heterocycles. The Morgan fingerprint density at radius 2 is 2.18 bits per heavy atom. The highest BCUT2D eigenvalue weighted by atomic mass is 16.6. The number of hydrogen-bond donors (Lipinski definition) is 1. The summed E-state index contributed by atoms with van der Waals surface area (Å²) in [5.74, 6) is 0.185. The predicted molar refractivity (Wildman–Crippen MR) is 67.6 cm³/mol. The van der Waals surface area contributed by atoms with Crippen LogP contribution in [0.15, 0.2) is 30.3 Å². The minimum Gasteiger partial charge on any atom is -0.393 e. The second-order valence-electron chi connectivity index (χ2n) is 4.21. The molecule has 1 aromatic carbocycles. The van der Waals surface area contributed by atoms with E-state index in [4.69, 9.17) is 0 Å². The van der Waals surface area contributed by atoms with Crippen molar-refractivity contribution >= 4 is 11.8 Å². The number of aliphatic hydroxyl groups is 1. The van der Waals surface area contributed by atoms with Crippen molar-refractivity contribution in [3.8, 4) is 0 Å². The van der Waals surface area contributed by atoms with E-state index < -0.39 is 4.92 Å². The molecule has 17 heavy (non-hydrogen) atoms. The minimum absolute atomic E-state index is 0.0933. The van der Waals surface area contributed by atoms with Gasteiger partial charge in [-0.05, 0) is 24.8 Å². The SMILES string of the molecule is CC(O)C(C)C/C=C/c1cccc([N+](=O)[O-])c1. The maximum Gasteiger partial charge on any atom is 0.270 e. The standard InChI is InChI=1S/C13H17NO3/c1-10(11(2)15)5-3-6-12-7-4-8-13(9-12)14(16)17/h3-4,6-11,15H,5H2,1-2H3/b6-3+. The van der Waals surface area contributed by atoms with Crippen molar-refractivity contribution in [1.82, 2.24) is 0 Å².